The molecule has 1 fully saturated rings. The highest BCUT2D eigenvalue weighted by atomic mass is 15.2. The van der Waals surface area contributed by atoms with E-state index in [9.17, 15) is 0 Å². The first kappa shape index (κ1) is 17.0. The van der Waals surface area contributed by atoms with Gasteiger partial charge in [-0.1, -0.05) is 60.8 Å². The maximum Gasteiger partial charge on any atom is 0.0247 e. The minimum absolute atomic E-state index is 0.689. The fourth-order valence-electron chi connectivity index (χ4n) is 3.09. The van der Waals surface area contributed by atoms with Crippen molar-refractivity contribution in [1.29, 1.82) is 0 Å². The fraction of sp³-hybridized carbons (Fsp3) is 1.00. The highest BCUT2D eigenvalue weighted by molar-refractivity contribution is 4.90. The van der Waals surface area contributed by atoms with Crippen molar-refractivity contribution in [2.45, 2.75) is 72.9 Å². The third kappa shape index (κ3) is 4.75. The second-order valence-corrected chi connectivity index (χ2v) is 6.82. The highest BCUT2D eigenvalue weighted by Crippen LogP contribution is 2.23. The average molecular weight is 268 g/mol. The number of hydrogen-bond donors (Lipinski definition) is 1. The molecule has 1 aliphatic heterocycles. The number of piperazine rings is 1. The quantitative estimate of drug-likeness (QED) is 0.756. The molecule has 1 N–H and O–H groups in total. The zero-order chi connectivity index (χ0) is 14.4. The van der Waals surface area contributed by atoms with Gasteiger partial charge < -0.3 is 5.32 Å². The Morgan fingerprint density at radius 2 is 1.63 bits per heavy atom. The summed E-state index contributed by atoms with van der Waals surface area (Å²) < 4.78 is 0. The Morgan fingerprint density at radius 1 is 1.00 bits per heavy atom. The first-order chi connectivity index (χ1) is 9.03. The van der Waals surface area contributed by atoms with Gasteiger partial charge in [-0.15, -0.1) is 0 Å². The Labute approximate surface area is 121 Å². The van der Waals surface area contributed by atoms with Crippen LogP contribution < -0.4 is 5.32 Å². The lowest BCUT2D eigenvalue weighted by Gasteiger charge is -2.45. The molecule has 1 aliphatic rings. The predicted molar refractivity (Wildman–Crippen MR) is 85.5 cm³/mol. The fourth-order valence-corrected chi connectivity index (χ4v) is 3.09. The molecule has 2 heteroatoms. The van der Waals surface area contributed by atoms with Gasteiger partial charge >= 0.3 is 0 Å². The summed E-state index contributed by atoms with van der Waals surface area (Å²) in [4.78, 5) is 2.79. The van der Waals surface area contributed by atoms with Crippen LogP contribution in [0.15, 0.2) is 0 Å². The molecule has 1 heterocycles. The van der Waals surface area contributed by atoms with E-state index in [0.29, 0.717) is 6.04 Å². The van der Waals surface area contributed by atoms with Gasteiger partial charge in [-0.2, -0.15) is 0 Å². The van der Waals surface area contributed by atoms with E-state index in [1.165, 1.54) is 38.9 Å². The van der Waals surface area contributed by atoms with Crippen LogP contribution in [0.1, 0.15) is 60.8 Å². The highest BCUT2D eigenvalue weighted by Gasteiger charge is 2.32. The van der Waals surface area contributed by atoms with Crippen LogP contribution in [-0.2, 0) is 0 Å². The second kappa shape index (κ2) is 8.26. The smallest absolute Gasteiger partial charge is 0.0247 e. The minimum Gasteiger partial charge on any atom is -0.311 e. The Balaban J connectivity index is 2.68. The predicted octanol–water partition coefficient (Wildman–Crippen LogP) is 3.77. The summed E-state index contributed by atoms with van der Waals surface area (Å²) in [7, 11) is 0. The van der Waals surface area contributed by atoms with Crippen LogP contribution in [0.4, 0.5) is 0 Å². The normalized spacial score (nSPS) is 30.0. The standard InChI is InChI=1S/C17H36N2/c1-7-13(4)11-19-12-16(14(5)8-2)18-10-17(19)15(6)9-3/h13-18H,7-12H2,1-6H3. The molecular formula is C17H36N2. The van der Waals surface area contributed by atoms with Crippen molar-refractivity contribution in [3.8, 4) is 0 Å². The van der Waals surface area contributed by atoms with Gasteiger partial charge in [0.25, 0.3) is 0 Å². The molecule has 0 saturated carbocycles. The minimum atomic E-state index is 0.689. The molecule has 2 nitrogen and oxygen atoms in total. The topological polar surface area (TPSA) is 15.3 Å². The maximum atomic E-state index is 3.81. The molecule has 0 radical (unpaired) electrons. The molecule has 19 heavy (non-hydrogen) atoms. The Hall–Kier alpha value is -0.0800. The summed E-state index contributed by atoms with van der Waals surface area (Å²) in [5.41, 5.74) is 0. The molecule has 0 aliphatic carbocycles. The maximum absolute atomic E-state index is 3.81. The van der Waals surface area contributed by atoms with Gasteiger partial charge in [-0.25, -0.2) is 0 Å². The third-order valence-corrected chi connectivity index (χ3v) is 5.36. The molecule has 0 spiro atoms. The van der Waals surface area contributed by atoms with Crippen molar-refractivity contribution < 1.29 is 0 Å². The molecule has 1 saturated heterocycles. The van der Waals surface area contributed by atoms with Gasteiger partial charge in [0, 0.05) is 31.7 Å². The van der Waals surface area contributed by atoms with Gasteiger partial charge in [0.15, 0.2) is 0 Å². The third-order valence-electron chi connectivity index (χ3n) is 5.36. The van der Waals surface area contributed by atoms with Crippen molar-refractivity contribution in [2.24, 2.45) is 17.8 Å². The van der Waals surface area contributed by atoms with E-state index in [-0.39, 0.29) is 0 Å². The van der Waals surface area contributed by atoms with Crippen molar-refractivity contribution >= 4 is 0 Å². The van der Waals surface area contributed by atoms with Gasteiger partial charge in [-0.05, 0) is 17.8 Å². The van der Waals surface area contributed by atoms with Crippen molar-refractivity contribution in [3.05, 3.63) is 0 Å². The van der Waals surface area contributed by atoms with Gasteiger partial charge in [0.05, 0.1) is 0 Å². The molecule has 5 atom stereocenters. The van der Waals surface area contributed by atoms with Crippen LogP contribution in [0.5, 0.6) is 0 Å². The second-order valence-electron chi connectivity index (χ2n) is 6.82. The number of rotatable bonds is 7. The molecule has 1 rings (SSSR count). The lowest BCUT2D eigenvalue weighted by atomic mass is 9.89. The largest absolute Gasteiger partial charge is 0.311 e. The molecule has 0 aromatic rings. The van der Waals surface area contributed by atoms with E-state index in [1.54, 1.807) is 0 Å². The average Bonchev–Trinajstić information content (AvgIpc) is 2.45. The van der Waals surface area contributed by atoms with Crippen molar-refractivity contribution in [3.63, 3.8) is 0 Å². The Bertz CT molecular complexity index is 241. The summed E-state index contributed by atoms with van der Waals surface area (Å²) >= 11 is 0. The summed E-state index contributed by atoms with van der Waals surface area (Å²) in [6.45, 7) is 17.9. The van der Waals surface area contributed by atoms with Crippen LogP contribution >= 0.6 is 0 Å². The number of nitrogens with one attached hydrogen (secondary N) is 1. The van der Waals surface area contributed by atoms with Crippen LogP contribution in [-0.4, -0.2) is 36.6 Å². The lowest BCUT2D eigenvalue weighted by Crippen LogP contribution is -2.60. The van der Waals surface area contributed by atoms with Crippen LogP contribution in [0.3, 0.4) is 0 Å². The first-order valence-corrected chi connectivity index (χ1v) is 8.50. The molecule has 0 amide bonds. The van der Waals surface area contributed by atoms with Crippen LogP contribution in [0, 0.1) is 17.8 Å². The monoisotopic (exact) mass is 268 g/mol. The van der Waals surface area contributed by atoms with E-state index in [4.69, 9.17) is 0 Å². The van der Waals surface area contributed by atoms with Gasteiger partial charge in [0.2, 0.25) is 0 Å². The molecule has 0 aromatic carbocycles. The van der Waals surface area contributed by atoms with E-state index < -0.39 is 0 Å². The molecule has 0 aromatic heterocycles. The van der Waals surface area contributed by atoms with Crippen molar-refractivity contribution in [1.82, 2.24) is 10.2 Å². The summed E-state index contributed by atoms with van der Waals surface area (Å²) in [5.74, 6) is 2.41. The summed E-state index contributed by atoms with van der Waals surface area (Å²) in [5, 5.41) is 3.81. The van der Waals surface area contributed by atoms with Gasteiger partial charge in [-0.3, -0.25) is 4.90 Å². The first-order valence-electron chi connectivity index (χ1n) is 8.50. The zero-order valence-corrected chi connectivity index (χ0v) is 14.1. The molecule has 5 unspecified atom stereocenters. The van der Waals surface area contributed by atoms with Crippen molar-refractivity contribution in [2.75, 3.05) is 19.6 Å². The van der Waals surface area contributed by atoms with E-state index >= 15 is 0 Å². The lowest BCUT2D eigenvalue weighted by molar-refractivity contribution is 0.0633. The van der Waals surface area contributed by atoms with E-state index in [1.807, 2.05) is 0 Å². The van der Waals surface area contributed by atoms with Gasteiger partial charge in [0.1, 0.15) is 0 Å². The molecular weight excluding hydrogens is 232 g/mol. The summed E-state index contributed by atoms with van der Waals surface area (Å²) in [6.07, 6.45) is 3.87. The van der Waals surface area contributed by atoms with E-state index in [2.05, 4.69) is 51.8 Å². The van der Waals surface area contributed by atoms with Crippen LogP contribution in [0.2, 0.25) is 0 Å². The van der Waals surface area contributed by atoms with E-state index in [0.717, 1.165) is 23.8 Å². The molecule has 0 bridgehead atoms. The number of nitrogens with zero attached hydrogens (tertiary/aromatic N) is 1. The zero-order valence-electron chi connectivity index (χ0n) is 14.1. The van der Waals surface area contributed by atoms with Crippen LogP contribution in [0.25, 0.3) is 0 Å². The summed E-state index contributed by atoms with van der Waals surface area (Å²) in [6, 6.07) is 1.42. The number of hydrogen-bond acceptors (Lipinski definition) is 2. The SMILES string of the molecule is CCC(C)CN1CC(C(C)CC)NCC1C(C)CC. The Morgan fingerprint density at radius 3 is 2.16 bits per heavy atom. The molecule has 114 valence electrons. The Kier molecular flexibility index (Phi) is 7.38.